The van der Waals surface area contributed by atoms with Crippen LogP contribution in [0.15, 0.2) is 67.3 Å². The highest BCUT2D eigenvalue weighted by molar-refractivity contribution is 5.65. The summed E-state index contributed by atoms with van der Waals surface area (Å²) in [7, 11) is 0. The average molecular weight is 531 g/mol. The molecule has 2 heterocycles. The van der Waals surface area contributed by atoms with Gasteiger partial charge < -0.3 is 5.32 Å². The van der Waals surface area contributed by atoms with Gasteiger partial charge in [-0.1, -0.05) is 97.2 Å². The number of aryl methyl sites for hydroxylation is 1. The lowest BCUT2D eigenvalue weighted by Crippen LogP contribution is -2.18. The molecule has 0 aliphatic carbocycles. The molecular weight excluding hydrogens is 476 g/mol. The molecule has 0 aliphatic rings. The zero-order valence-corrected chi connectivity index (χ0v) is 26.4. The molecule has 0 fully saturated rings. The van der Waals surface area contributed by atoms with Gasteiger partial charge in [0, 0.05) is 48.4 Å². The van der Waals surface area contributed by atoms with Crippen LogP contribution >= 0.6 is 0 Å². The molecular formula is C35H54N4. The fourth-order valence-electron chi connectivity index (χ4n) is 4.14. The summed E-state index contributed by atoms with van der Waals surface area (Å²) in [5.74, 6) is 1.67. The lowest BCUT2D eigenvalue weighted by atomic mass is 9.89. The first-order valence-corrected chi connectivity index (χ1v) is 14.6. The van der Waals surface area contributed by atoms with Crippen LogP contribution in [0.25, 0.3) is 11.1 Å². The number of benzene rings is 1. The van der Waals surface area contributed by atoms with Crippen LogP contribution in [-0.2, 0) is 6.42 Å². The maximum Gasteiger partial charge on any atom is 0.132 e. The van der Waals surface area contributed by atoms with Crippen LogP contribution in [0.2, 0.25) is 0 Å². The predicted octanol–water partition coefficient (Wildman–Crippen LogP) is 10.1. The quantitative estimate of drug-likeness (QED) is 0.280. The SMILES string of the molecule is C=C(C)CC(C)(C)C.CC(C)C.CCCC(CC)Nc1cncc(-c2cnc(Cc3cccc(C)c3)nc2)c1. The summed E-state index contributed by atoms with van der Waals surface area (Å²) in [6.45, 7) is 25.6. The van der Waals surface area contributed by atoms with Gasteiger partial charge in [-0.3, -0.25) is 4.98 Å². The Morgan fingerprint density at radius 2 is 1.59 bits per heavy atom. The summed E-state index contributed by atoms with van der Waals surface area (Å²) in [5.41, 5.74) is 7.27. The molecule has 0 spiro atoms. The number of nitrogens with one attached hydrogen (secondary N) is 1. The topological polar surface area (TPSA) is 50.7 Å². The van der Waals surface area contributed by atoms with E-state index >= 15 is 0 Å². The maximum atomic E-state index is 4.56. The molecule has 1 aromatic carbocycles. The summed E-state index contributed by atoms with van der Waals surface area (Å²) in [4.78, 5) is 13.5. The van der Waals surface area contributed by atoms with Gasteiger partial charge >= 0.3 is 0 Å². The van der Waals surface area contributed by atoms with Crippen molar-refractivity contribution in [3.63, 3.8) is 0 Å². The molecule has 1 N–H and O–H groups in total. The van der Waals surface area contributed by atoms with E-state index in [0.717, 1.165) is 54.2 Å². The first kappa shape index (κ1) is 34.0. The van der Waals surface area contributed by atoms with E-state index in [-0.39, 0.29) is 0 Å². The number of hydrogen-bond acceptors (Lipinski definition) is 4. The van der Waals surface area contributed by atoms with Gasteiger partial charge in [0.25, 0.3) is 0 Å². The third kappa shape index (κ3) is 15.9. The van der Waals surface area contributed by atoms with E-state index < -0.39 is 0 Å². The van der Waals surface area contributed by atoms with Crippen molar-refractivity contribution >= 4 is 5.69 Å². The highest BCUT2D eigenvalue weighted by Gasteiger charge is 2.09. The number of pyridine rings is 1. The normalized spacial score (nSPS) is 11.6. The van der Waals surface area contributed by atoms with E-state index in [0.29, 0.717) is 11.5 Å². The number of nitrogens with zero attached hydrogens (tertiary/aromatic N) is 3. The lowest BCUT2D eigenvalue weighted by Gasteiger charge is -2.17. The molecule has 0 saturated heterocycles. The predicted molar refractivity (Wildman–Crippen MR) is 171 cm³/mol. The Hall–Kier alpha value is -3.01. The van der Waals surface area contributed by atoms with Crippen molar-refractivity contribution in [3.05, 3.63) is 84.2 Å². The zero-order valence-electron chi connectivity index (χ0n) is 26.4. The second-order valence-corrected chi connectivity index (χ2v) is 12.5. The second-order valence-electron chi connectivity index (χ2n) is 12.5. The number of aromatic nitrogens is 3. The van der Waals surface area contributed by atoms with Crippen molar-refractivity contribution in [2.24, 2.45) is 11.3 Å². The monoisotopic (exact) mass is 530 g/mol. The first-order chi connectivity index (χ1) is 18.3. The Labute approximate surface area is 239 Å². The third-order valence-corrected chi connectivity index (χ3v) is 5.55. The molecule has 0 aliphatic heterocycles. The van der Waals surface area contributed by atoms with Gasteiger partial charge in [-0.2, -0.15) is 0 Å². The van der Waals surface area contributed by atoms with Crippen molar-refractivity contribution < 1.29 is 0 Å². The van der Waals surface area contributed by atoms with Crippen LogP contribution in [0.5, 0.6) is 0 Å². The summed E-state index contributed by atoms with van der Waals surface area (Å²) in [6, 6.07) is 11.1. The van der Waals surface area contributed by atoms with Crippen LogP contribution in [0.4, 0.5) is 5.69 Å². The van der Waals surface area contributed by atoms with Gasteiger partial charge in [-0.15, -0.1) is 6.58 Å². The second kappa shape index (κ2) is 17.6. The Balaban J connectivity index is 0.000000532. The molecule has 3 rings (SSSR count). The van der Waals surface area contributed by atoms with Crippen molar-refractivity contribution in [2.45, 2.75) is 107 Å². The van der Waals surface area contributed by atoms with Gasteiger partial charge in [0.05, 0.1) is 5.69 Å². The number of rotatable bonds is 9. The molecule has 4 nitrogen and oxygen atoms in total. The van der Waals surface area contributed by atoms with Crippen LogP contribution in [0.1, 0.15) is 105 Å². The third-order valence-electron chi connectivity index (χ3n) is 5.55. The van der Waals surface area contributed by atoms with E-state index in [9.17, 15) is 0 Å². The Bertz CT molecular complexity index is 1090. The van der Waals surface area contributed by atoms with Gasteiger partial charge in [0.2, 0.25) is 0 Å². The molecule has 3 aromatic rings. The fourth-order valence-corrected chi connectivity index (χ4v) is 4.14. The van der Waals surface area contributed by atoms with Crippen molar-refractivity contribution in [1.29, 1.82) is 0 Å². The Morgan fingerprint density at radius 1 is 0.949 bits per heavy atom. The fraction of sp³-hybridized carbons (Fsp3) is 0.514. The highest BCUT2D eigenvalue weighted by Crippen LogP contribution is 2.23. The summed E-state index contributed by atoms with van der Waals surface area (Å²) < 4.78 is 0. The number of hydrogen-bond donors (Lipinski definition) is 1. The minimum Gasteiger partial charge on any atom is -0.381 e. The van der Waals surface area contributed by atoms with Crippen LogP contribution in [0.3, 0.4) is 0 Å². The lowest BCUT2D eigenvalue weighted by molar-refractivity contribution is 0.410. The molecule has 0 amide bonds. The van der Waals surface area contributed by atoms with Gasteiger partial charge in [-0.05, 0) is 56.1 Å². The highest BCUT2D eigenvalue weighted by atomic mass is 14.9. The molecule has 2 aromatic heterocycles. The maximum absolute atomic E-state index is 4.56. The molecule has 4 heteroatoms. The average Bonchev–Trinajstić information content (AvgIpc) is 2.83. The minimum atomic E-state index is 0.422. The number of allylic oxidation sites excluding steroid dienone is 1. The van der Waals surface area contributed by atoms with E-state index in [1.807, 2.05) is 24.8 Å². The summed E-state index contributed by atoms with van der Waals surface area (Å²) >= 11 is 0. The minimum absolute atomic E-state index is 0.422. The van der Waals surface area contributed by atoms with Crippen molar-refractivity contribution in [2.75, 3.05) is 5.32 Å². The van der Waals surface area contributed by atoms with Crippen LogP contribution in [0, 0.1) is 18.3 Å². The molecule has 0 saturated carbocycles. The summed E-state index contributed by atoms with van der Waals surface area (Å²) in [5, 5.41) is 3.59. The van der Waals surface area contributed by atoms with E-state index in [1.165, 1.54) is 23.1 Å². The van der Waals surface area contributed by atoms with Gasteiger partial charge in [0.15, 0.2) is 0 Å². The molecule has 214 valence electrons. The van der Waals surface area contributed by atoms with Gasteiger partial charge in [-0.25, -0.2) is 9.97 Å². The van der Waals surface area contributed by atoms with Crippen molar-refractivity contribution in [1.82, 2.24) is 15.0 Å². The number of anilines is 1. The molecule has 1 unspecified atom stereocenters. The Kier molecular flexibility index (Phi) is 15.3. The smallest absolute Gasteiger partial charge is 0.132 e. The molecule has 0 radical (unpaired) electrons. The Morgan fingerprint density at radius 3 is 2.08 bits per heavy atom. The molecule has 0 bridgehead atoms. The van der Waals surface area contributed by atoms with E-state index in [1.54, 1.807) is 0 Å². The first-order valence-electron chi connectivity index (χ1n) is 14.6. The molecule has 39 heavy (non-hydrogen) atoms. The molecule has 1 atom stereocenters. The largest absolute Gasteiger partial charge is 0.381 e. The van der Waals surface area contributed by atoms with E-state index in [4.69, 9.17) is 0 Å². The van der Waals surface area contributed by atoms with Crippen LogP contribution in [-0.4, -0.2) is 21.0 Å². The standard InChI is InChI=1S/C23H28N4.C8H16.C4H10/c1-4-7-21(5-2)27-22-12-19(13-24-16-22)20-14-25-23(26-15-20)11-18-9-6-8-17(3)10-18;1-7(2)6-8(3,4)5;1-4(2)3/h6,8-10,12-16,21,27H,4-5,7,11H2,1-3H3;1,6H2,2-5H3;4H,1-3H3. The van der Waals surface area contributed by atoms with Gasteiger partial charge in [0.1, 0.15) is 5.82 Å². The van der Waals surface area contributed by atoms with Crippen LogP contribution < -0.4 is 5.32 Å². The van der Waals surface area contributed by atoms with E-state index in [2.05, 4.69) is 126 Å². The van der Waals surface area contributed by atoms with Crippen molar-refractivity contribution in [3.8, 4) is 11.1 Å². The zero-order chi connectivity index (χ0) is 29.4. The summed E-state index contributed by atoms with van der Waals surface area (Å²) in [6.07, 6.45) is 12.9.